The first-order valence-electron chi connectivity index (χ1n) is 10.0. The Kier molecular flexibility index (Phi) is 6.31. The SMILES string of the molecule is O=C(COc1ccc(Cl)cc1)N1CCN(C(=O)Cn2c(=O)oc3cc([N+](=O)[O-])ccc32)CC1. The molecule has 2 amide bonds. The number of amides is 2. The number of fused-ring (bicyclic) bond motifs is 1. The molecule has 1 saturated heterocycles. The van der Waals surface area contributed by atoms with E-state index in [4.69, 9.17) is 20.8 Å². The minimum absolute atomic E-state index is 0.0399. The molecule has 0 bridgehead atoms. The Bertz CT molecular complexity index is 1260. The summed E-state index contributed by atoms with van der Waals surface area (Å²) in [6.45, 7) is 0.891. The van der Waals surface area contributed by atoms with Gasteiger partial charge >= 0.3 is 5.76 Å². The molecule has 11 nitrogen and oxygen atoms in total. The van der Waals surface area contributed by atoms with Gasteiger partial charge in [0, 0.05) is 37.3 Å². The third kappa shape index (κ3) is 4.98. The summed E-state index contributed by atoms with van der Waals surface area (Å²) >= 11 is 5.82. The van der Waals surface area contributed by atoms with E-state index in [1.807, 2.05) is 0 Å². The van der Waals surface area contributed by atoms with Gasteiger partial charge in [-0.3, -0.25) is 24.3 Å². The second-order valence-electron chi connectivity index (χ2n) is 7.37. The molecule has 0 N–H and O–H groups in total. The van der Waals surface area contributed by atoms with Gasteiger partial charge in [-0.1, -0.05) is 11.6 Å². The van der Waals surface area contributed by atoms with Crippen molar-refractivity contribution >= 4 is 40.2 Å². The maximum Gasteiger partial charge on any atom is 0.420 e. The summed E-state index contributed by atoms with van der Waals surface area (Å²) in [5.41, 5.74) is 0.126. The number of nitrogens with zero attached hydrogens (tertiary/aromatic N) is 4. The molecule has 4 rings (SSSR count). The summed E-state index contributed by atoms with van der Waals surface area (Å²) in [5, 5.41) is 11.5. The van der Waals surface area contributed by atoms with Crippen LogP contribution in [-0.4, -0.2) is 63.9 Å². The summed E-state index contributed by atoms with van der Waals surface area (Å²) in [6.07, 6.45) is 0. The molecule has 2 aromatic carbocycles. The quantitative estimate of drug-likeness (QED) is 0.394. The number of hydrogen-bond donors (Lipinski definition) is 0. The Balaban J connectivity index is 1.32. The fraction of sp³-hybridized carbons (Fsp3) is 0.286. The summed E-state index contributed by atoms with van der Waals surface area (Å²) < 4.78 is 11.7. The van der Waals surface area contributed by atoms with Crippen molar-refractivity contribution < 1.29 is 23.7 Å². The van der Waals surface area contributed by atoms with Crippen LogP contribution in [0.15, 0.2) is 51.7 Å². The standard InChI is InChI=1S/C21H19ClN4O7/c22-14-1-4-16(5-2-14)32-13-20(28)24-9-7-23(8-10-24)19(27)12-25-17-6-3-15(26(30)31)11-18(17)33-21(25)29/h1-6,11H,7-10,12-13H2. The molecule has 1 aromatic heterocycles. The Hall–Kier alpha value is -3.86. The number of nitro benzene ring substituents is 1. The normalized spacial score (nSPS) is 13.8. The smallest absolute Gasteiger partial charge is 0.420 e. The van der Waals surface area contributed by atoms with Gasteiger partial charge in [-0.15, -0.1) is 0 Å². The molecule has 33 heavy (non-hydrogen) atoms. The van der Waals surface area contributed by atoms with Crippen molar-refractivity contribution in [2.24, 2.45) is 0 Å². The van der Waals surface area contributed by atoms with E-state index in [9.17, 15) is 24.5 Å². The summed E-state index contributed by atoms with van der Waals surface area (Å²) in [7, 11) is 0. The Morgan fingerprint density at radius 1 is 1.03 bits per heavy atom. The summed E-state index contributed by atoms with van der Waals surface area (Å²) in [5.74, 6) is -0.755. The number of ether oxygens (including phenoxy) is 1. The molecular formula is C21H19ClN4O7. The van der Waals surface area contributed by atoms with Gasteiger partial charge in [0.15, 0.2) is 12.2 Å². The van der Waals surface area contributed by atoms with E-state index in [2.05, 4.69) is 0 Å². The zero-order valence-corrected chi connectivity index (χ0v) is 18.1. The largest absolute Gasteiger partial charge is 0.484 e. The number of halogens is 1. The topological polar surface area (TPSA) is 128 Å². The zero-order valence-electron chi connectivity index (χ0n) is 17.3. The molecule has 0 unspecified atom stereocenters. The number of rotatable bonds is 6. The number of oxazole rings is 1. The van der Waals surface area contributed by atoms with Crippen molar-refractivity contribution in [3.8, 4) is 5.75 Å². The van der Waals surface area contributed by atoms with Crippen molar-refractivity contribution in [3.63, 3.8) is 0 Å². The zero-order chi connectivity index (χ0) is 23.5. The molecular weight excluding hydrogens is 456 g/mol. The van der Waals surface area contributed by atoms with Gasteiger partial charge in [-0.05, 0) is 30.3 Å². The lowest BCUT2D eigenvalue weighted by atomic mass is 10.2. The molecule has 2 heterocycles. The highest BCUT2D eigenvalue weighted by atomic mass is 35.5. The van der Waals surface area contributed by atoms with Crippen LogP contribution in [0.4, 0.5) is 5.69 Å². The number of non-ortho nitro benzene ring substituents is 1. The first-order chi connectivity index (χ1) is 15.8. The van der Waals surface area contributed by atoms with Gasteiger partial charge in [-0.2, -0.15) is 0 Å². The number of carbonyl (C=O) groups is 2. The number of benzene rings is 2. The molecule has 172 valence electrons. The third-order valence-electron chi connectivity index (χ3n) is 5.32. The number of piperazine rings is 1. The average molecular weight is 475 g/mol. The summed E-state index contributed by atoms with van der Waals surface area (Å²) in [6, 6.07) is 10.5. The van der Waals surface area contributed by atoms with Crippen LogP contribution in [0.25, 0.3) is 11.1 Å². The fourth-order valence-corrected chi connectivity index (χ4v) is 3.65. The van der Waals surface area contributed by atoms with Crippen LogP contribution in [0.1, 0.15) is 0 Å². The van der Waals surface area contributed by atoms with E-state index in [0.717, 1.165) is 10.6 Å². The van der Waals surface area contributed by atoms with Crippen LogP contribution in [0.3, 0.4) is 0 Å². The van der Waals surface area contributed by atoms with E-state index in [-0.39, 0.29) is 36.2 Å². The maximum atomic E-state index is 12.7. The molecule has 0 atom stereocenters. The van der Waals surface area contributed by atoms with E-state index in [0.29, 0.717) is 42.5 Å². The number of aromatic nitrogens is 1. The lowest BCUT2D eigenvalue weighted by molar-refractivity contribution is -0.384. The fourth-order valence-electron chi connectivity index (χ4n) is 3.53. The molecule has 0 radical (unpaired) electrons. The van der Waals surface area contributed by atoms with Crippen LogP contribution in [0, 0.1) is 10.1 Å². The van der Waals surface area contributed by atoms with Crippen molar-refractivity contribution in [3.05, 3.63) is 68.2 Å². The Morgan fingerprint density at radius 2 is 1.67 bits per heavy atom. The van der Waals surface area contributed by atoms with Gasteiger partial charge in [0.05, 0.1) is 16.5 Å². The van der Waals surface area contributed by atoms with E-state index in [1.54, 1.807) is 34.1 Å². The minimum atomic E-state index is -0.771. The van der Waals surface area contributed by atoms with Crippen molar-refractivity contribution in [1.82, 2.24) is 14.4 Å². The van der Waals surface area contributed by atoms with Gasteiger partial charge in [-0.25, -0.2) is 4.79 Å². The molecule has 0 aliphatic carbocycles. The molecule has 1 aliphatic heterocycles. The second kappa shape index (κ2) is 9.33. The van der Waals surface area contributed by atoms with Gasteiger partial charge < -0.3 is 19.0 Å². The van der Waals surface area contributed by atoms with E-state index < -0.39 is 10.7 Å². The van der Waals surface area contributed by atoms with Crippen molar-refractivity contribution in [2.75, 3.05) is 32.8 Å². The average Bonchev–Trinajstić information content (AvgIpc) is 3.12. The lowest BCUT2D eigenvalue weighted by Crippen LogP contribution is -2.52. The second-order valence-corrected chi connectivity index (χ2v) is 7.80. The predicted octanol–water partition coefficient (Wildman–Crippen LogP) is 1.91. The maximum absolute atomic E-state index is 12.7. The molecule has 3 aromatic rings. The highest BCUT2D eigenvalue weighted by Crippen LogP contribution is 2.20. The number of nitro groups is 1. The van der Waals surface area contributed by atoms with Crippen LogP contribution < -0.4 is 10.5 Å². The minimum Gasteiger partial charge on any atom is -0.484 e. The highest BCUT2D eigenvalue weighted by Gasteiger charge is 2.26. The molecule has 0 spiro atoms. The first kappa shape index (κ1) is 22.3. The number of hydrogen-bond acceptors (Lipinski definition) is 7. The third-order valence-corrected chi connectivity index (χ3v) is 5.57. The van der Waals surface area contributed by atoms with Crippen LogP contribution in [0.2, 0.25) is 5.02 Å². The van der Waals surface area contributed by atoms with Gasteiger partial charge in [0.25, 0.3) is 11.6 Å². The van der Waals surface area contributed by atoms with Gasteiger partial charge in [0.1, 0.15) is 12.3 Å². The highest BCUT2D eigenvalue weighted by molar-refractivity contribution is 6.30. The first-order valence-corrected chi connectivity index (χ1v) is 10.4. The van der Waals surface area contributed by atoms with E-state index >= 15 is 0 Å². The van der Waals surface area contributed by atoms with Crippen LogP contribution in [-0.2, 0) is 16.1 Å². The predicted molar refractivity (Wildman–Crippen MR) is 117 cm³/mol. The molecule has 12 heteroatoms. The summed E-state index contributed by atoms with van der Waals surface area (Å²) in [4.78, 5) is 50.8. The monoisotopic (exact) mass is 474 g/mol. The van der Waals surface area contributed by atoms with Crippen molar-refractivity contribution in [1.29, 1.82) is 0 Å². The van der Waals surface area contributed by atoms with E-state index in [1.165, 1.54) is 12.1 Å². The van der Waals surface area contributed by atoms with Crippen LogP contribution in [0.5, 0.6) is 5.75 Å². The van der Waals surface area contributed by atoms with Crippen LogP contribution >= 0.6 is 11.6 Å². The number of carbonyl (C=O) groups excluding carboxylic acids is 2. The van der Waals surface area contributed by atoms with Gasteiger partial charge in [0.2, 0.25) is 5.91 Å². The Morgan fingerprint density at radius 3 is 2.30 bits per heavy atom. The lowest BCUT2D eigenvalue weighted by Gasteiger charge is -2.34. The molecule has 1 aliphatic rings. The molecule has 0 saturated carbocycles. The molecule has 1 fully saturated rings. The van der Waals surface area contributed by atoms with Crippen molar-refractivity contribution in [2.45, 2.75) is 6.54 Å². The Labute approximate surface area is 191 Å².